The van der Waals surface area contributed by atoms with Gasteiger partial charge in [-0.1, -0.05) is 42.3 Å². The SMILES string of the molecule is CC1(Cc2cccc(Cl)c2Cl)CCC(N)C1. The van der Waals surface area contributed by atoms with E-state index in [2.05, 4.69) is 13.0 Å². The maximum atomic E-state index is 6.21. The molecule has 0 aliphatic heterocycles. The number of halogens is 2. The zero-order valence-electron chi connectivity index (χ0n) is 9.47. The van der Waals surface area contributed by atoms with Gasteiger partial charge in [0.25, 0.3) is 0 Å². The number of benzene rings is 1. The Kier molecular flexibility index (Phi) is 3.48. The standard InChI is InChI=1S/C13H17Cl2N/c1-13(6-5-10(16)8-13)7-9-3-2-4-11(14)12(9)15/h2-4,10H,5-8,16H2,1H3. The van der Waals surface area contributed by atoms with E-state index in [1.807, 2.05) is 12.1 Å². The van der Waals surface area contributed by atoms with Crippen LogP contribution in [0.3, 0.4) is 0 Å². The topological polar surface area (TPSA) is 26.0 Å². The fraction of sp³-hybridized carbons (Fsp3) is 0.538. The first kappa shape index (κ1) is 12.2. The molecule has 88 valence electrons. The molecule has 0 heterocycles. The molecule has 0 bridgehead atoms. The van der Waals surface area contributed by atoms with E-state index in [9.17, 15) is 0 Å². The van der Waals surface area contributed by atoms with Crippen LogP contribution in [0.1, 0.15) is 31.7 Å². The molecular formula is C13H17Cl2N. The van der Waals surface area contributed by atoms with Gasteiger partial charge in [0, 0.05) is 6.04 Å². The summed E-state index contributed by atoms with van der Waals surface area (Å²) in [6, 6.07) is 6.20. The van der Waals surface area contributed by atoms with Gasteiger partial charge in [0.2, 0.25) is 0 Å². The molecule has 0 aromatic heterocycles. The summed E-state index contributed by atoms with van der Waals surface area (Å²) in [7, 11) is 0. The lowest BCUT2D eigenvalue weighted by atomic mass is 9.82. The Hall–Kier alpha value is -0.240. The minimum Gasteiger partial charge on any atom is -0.328 e. The lowest BCUT2D eigenvalue weighted by Gasteiger charge is -2.24. The molecule has 0 radical (unpaired) electrons. The Morgan fingerprint density at radius 2 is 2.19 bits per heavy atom. The van der Waals surface area contributed by atoms with Crippen LogP contribution < -0.4 is 5.73 Å². The van der Waals surface area contributed by atoms with Crippen LogP contribution in [0.2, 0.25) is 10.0 Å². The minimum atomic E-state index is 0.285. The molecule has 1 aliphatic rings. The predicted molar refractivity (Wildman–Crippen MR) is 70.1 cm³/mol. The Morgan fingerprint density at radius 1 is 1.44 bits per heavy atom. The largest absolute Gasteiger partial charge is 0.328 e. The van der Waals surface area contributed by atoms with Crippen LogP contribution in [0, 0.1) is 5.41 Å². The number of hydrogen-bond donors (Lipinski definition) is 1. The fourth-order valence-electron chi connectivity index (χ4n) is 2.68. The molecule has 2 rings (SSSR count). The maximum Gasteiger partial charge on any atom is 0.0624 e. The van der Waals surface area contributed by atoms with Gasteiger partial charge in [0.05, 0.1) is 10.0 Å². The van der Waals surface area contributed by atoms with Crippen molar-refractivity contribution in [3.8, 4) is 0 Å². The quantitative estimate of drug-likeness (QED) is 0.850. The van der Waals surface area contributed by atoms with Crippen LogP contribution in [0.5, 0.6) is 0 Å². The second-order valence-corrected chi connectivity index (χ2v) is 5.99. The van der Waals surface area contributed by atoms with Crippen molar-refractivity contribution in [3.05, 3.63) is 33.8 Å². The Balaban J connectivity index is 2.18. The number of hydrogen-bond acceptors (Lipinski definition) is 1. The van der Waals surface area contributed by atoms with Crippen LogP contribution in [-0.2, 0) is 6.42 Å². The van der Waals surface area contributed by atoms with Crippen molar-refractivity contribution < 1.29 is 0 Å². The molecule has 2 N–H and O–H groups in total. The van der Waals surface area contributed by atoms with Crippen molar-refractivity contribution in [2.45, 2.75) is 38.6 Å². The van der Waals surface area contributed by atoms with Crippen molar-refractivity contribution in [3.63, 3.8) is 0 Å². The zero-order chi connectivity index (χ0) is 11.8. The lowest BCUT2D eigenvalue weighted by molar-refractivity contribution is 0.329. The lowest BCUT2D eigenvalue weighted by Crippen LogP contribution is -2.21. The highest BCUT2D eigenvalue weighted by Crippen LogP contribution is 2.41. The maximum absolute atomic E-state index is 6.21. The Morgan fingerprint density at radius 3 is 2.81 bits per heavy atom. The van der Waals surface area contributed by atoms with E-state index in [-0.39, 0.29) is 5.41 Å². The first-order chi connectivity index (χ1) is 7.50. The van der Waals surface area contributed by atoms with Crippen molar-refractivity contribution in [2.75, 3.05) is 0 Å². The summed E-state index contributed by atoms with van der Waals surface area (Å²) in [6.07, 6.45) is 4.35. The molecule has 1 aromatic rings. The summed E-state index contributed by atoms with van der Waals surface area (Å²) >= 11 is 12.2. The highest BCUT2D eigenvalue weighted by Gasteiger charge is 2.33. The van der Waals surface area contributed by atoms with Crippen molar-refractivity contribution >= 4 is 23.2 Å². The summed E-state index contributed by atoms with van der Waals surface area (Å²) in [5, 5.41) is 1.34. The molecule has 0 spiro atoms. The third-order valence-electron chi connectivity index (χ3n) is 3.52. The van der Waals surface area contributed by atoms with E-state index >= 15 is 0 Å². The van der Waals surface area contributed by atoms with Crippen LogP contribution in [0.4, 0.5) is 0 Å². The van der Waals surface area contributed by atoms with Crippen LogP contribution >= 0.6 is 23.2 Å². The smallest absolute Gasteiger partial charge is 0.0624 e. The van der Waals surface area contributed by atoms with E-state index in [4.69, 9.17) is 28.9 Å². The molecule has 1 aliphatic carbocycles. The minimum absolute atomic E-state index is 0.285. The van der Waals surface area contributed by atoms with E-state index in [0.717, 1.165) is 24.8 Å². The molecule has 16 heavy (non-hydrogen) atoms. The van der Waals surface area contributed by atoms with Crippen LogP contribution in [0.25, 0.3) is 0 Å². The average Bonchev–Trinajstić information content (AvgIpc) is 2.54. The van der Waals surface area contributed by atoms with E-state index in [1.54, 1.807) is 0 Å². The van der Waals surface area contributed by atoms with Crippen LogP contribution in [0.15, 0.2) is 18.2 Å². The Labute approximate surface area is 107 Å². The molecule has 1 saturated carbocycles. The third-order valence-corrected chi connectivity index (χ3v) is 4.38. The fourth-order valence-corrected chi connectivity index (χ4v) is 3.06. The summed E-state index contributed by atoms with van der Waals surface area (Å²) in [6.45, 7) is 2.29. The molecule has 0 saturated heterocycles. The van der Waals surface area contributed by atoms with Gasteiger partial charge in [0.15, 0.2) is 0 Å². The molecule has 3 heteroatoms. The molecule has 2 unspecified atom stereocenters. The first-order valence-corrected chi connectivity index (χ1v) is 6.44. The average molecular weight is 258 g/mol. The van der Waals surface area contributed by atoms with Crippen molar-refractivity contribution in [1.82, 2.24) is 0 Å². The second-order valence-electron chi connectivity index (χ2n) is 5.20. The summed E-state index contributed by atoms with van der Waals surface area (Å²) in [5.74, 6) is 0. The summed E-state index contributed by atoms with van der Waals surface area (Å²) < 4.78 is 0. The van der Waals surface area contributed by atoms with E-state index < -0.39 is 0 Å². The van der Waals surface area contributed by atoms with E-state index in [0.29, 0.717) is 16.1 Å². The highest BCUT2D eigenvalue weighted by molar-refractivity contribution is 6.42. The van der Waals surface area contributed by atoms with Gasteiger partial charge in [-0.05, 0) is 42.7 Å². The van der Waals surface area contributed by atoms with Gasteiger partial charge in [-0.15, -0.1) is 0 Å². The highest BCUT2D eigenvalue weighted by atomic mass is 35.5. The second kappa shape index (κ2) is 4.56. The van der Waals surface area contributed by atoms with Gasteiger partial charge < -0.3 is 5.73 Å². The number of rotatable bonds is 2. The van der Waals surface area contributed by atoms with Gasteiger partial charge in [0.1, 0.15) is 0 Å². The van der Waals surface area contributed by atoms with E-state index in [1.165, 1.54) is 6.42 Å². The van der Waals surface area contributed by atoms with Gasteiger partial charge in [-0.3, -0.25) is 0 Å². The van der Waals surface area contributed by atoms with Crippen molar-refractivity contribution in [1.29, 1.82) is 0 Å². The zero-order valence-corrected chi connectivity index (χ0v) is 11.0. The Bertz CT molecular complexity index is 392. The molecular weight excluding hydrogens is 241 g/mol. The molecule has 0 amide bonds. The normalized spacial score (nSPS) is 29.6. The first-order valence-electron chi connectivity index (χ1n) is 5.69. The summed E-state index contributed by atoms with van der Waals surface area (Å²) in [4.78, 5) is 0. The van der Waals surface area contributed by atoms with Gasteiger partial charge in [-0.25, -0.2) is 0 Å². The third kappa shape index (κ3) is 2.53. The molecule has 1 aromatic carbocycles. The molecule has 1 fully saturated rings. The number of nitrogens with two attached hydrogens (primary N) is 1. The van der Waals surface area contributed by atoms with Crippen molar-refractivity contribution in [2.24, 2.45) is 11.1 Å². The predicted octanol–water partition coefficient (Wildman–Crippen LogP) is 4.05. The monoisotopic (exact) mass is 257 g/mol. The summed E-state index contributed by atoms with van der Waals surface area (Å²) in [5.41, 5.74) is 7.40. The van der Waals surface area contributed by atoms with Gasteiger partial charge >= 0.3 is 0 Å². The van der Waals surface area contributed by atoms with Gasteiger partial charge in [-0.2, -0.15) is 0 Å². The molecule has 1 nitrogen and oxygen atoms in total. The van der Waals surface area contributed by atoms with Crippen LogP contribution in [-0.4, -0.2) is 6.04 Å². The molecule has 2 atom stereocenters.